The van der Waals surface area contributed by atoms with E-state index < -0.39 is 0 Å². The minimum absolute atomic E-state index is 0.459. The molecule has 102 valence electrons. The smallest absolute Gasteiger partial charge is 0.0274 e. The Morgan fingerprint density at radius 2 is 1.71 bits per heavy atom. The Morgan fingerprint density at radius 1 is 1.12 bits per heavy atom. The molecule has 17 heavy (non-hydrogen) atoms. The van der Waals surface area contributed by atoms with Gasteiger partial charge in [-0.25, -0.2) is 0 Å². The first-order chi connectivity index (χ1) is 8.06. The van der Waals surface area contributed by atoms with Gasteiger partial charge in [0.15, 0.2) is 0 Å². The molecule has 0 aromatic carbocycles. The first-order valence-corrected chi connectivity index (χ1v) is 7.54. The topological polar surface area (TPSA) is 15.3 Å². The van der Waals surface area contributed by atoms with Crippen molar-refractivity contribution in [1.29, 1.82) is 0 Å². The quantitative estimate of drug-likeness (QED) is 0.735. The monoisotopic (exact) mass is 240 g/mol. The van der Waals surface area contributed by atoms with Crippen molar-refractivity contribution in [3.05, 3.63) is 0 Å². The normalized spacial score (nSPS) is 27.9. The summed E-state index contributed by atoms with van der Waals surface area (Å²) >= 11 is 0. The summed E-state index contributed by atoms with van der Waals surface area (Å²) in [6.07, 6.45) is 5.27. The fraction of sp³-hybridized carbons (Fsp3) is 1.00. The lowest BCUT2D eigenvalue weighted by molar-refractivity contribution is 0.144. The summed E-state index contributed by atoms with van der Waals surface area (Å²) in [5.74, 6) is 0. The standard InChI is InChI=1S/C15H32N2/c1-6-11-17(12-7-2)13-9-10-15(4,5)14(13)16-8-3/h13-14,16H,6-12H2,1-5H3. The average Bonchev–Trinajstić information content (AvgIpc) is 2.56. The van der Waals surface area contributed by atoms with E-state index in [4.69, 9.17) is 0 Å². The van der Waals surface area contributed by atoms with E-state index in [1.807, 2.05) is 0 Å². The van der Waals surface area contributed by atoms with Crippen molar-refractivity contribution in [3.63, 3.8) is 0 Å². The molecule has 0 spiro atoms. The Morgan fingerprint density at radius 3 is 2.18 bits per heavy atom. The van der Waals surface area contributed by atoms with E-state index in [2.05, 4.69) is 44.8 Å². The van der Waals surface area contributed by atoms with Crippen LogP contribution in [0.2, 0.25) is 0 Å². The second kappa shape index (κ2) is 6.75. The third-order valence-corrected chi connectivity index (χ3v) is 4.23. The lowest BCUT2D eigenvalue weighted by atomic mass is 9.86. The zero-order chi connectivity index (χ0) is 12.9. The Labute approximate surface area is 108 Å². The van der Waals surface area contributed by atoms with Crippen LogP contribution in [0.25, 0.3) is 0 Å². The summed E-state index contributed by atoms with van der Waals surface area (Å²) in [6, 6.07) is 1.43. The van der Waals surface area contributed by atoms with Gasteiger partial charge < -0.3 is 5.32 Å². The average molecular weight is 240 g/mol. The van der Waals surface area contributed by atoms with Crippen molar-refractivity contribution in [1.82, 2.24) is 10.2 Å². The molecule has 2 nitrogen and oxygen atoms in total. The molecule has 1 aliphatic carbocycles. The molecule has 0 saturated heterocycles. The Hall–Kier alpha value is -0.0800. The van der Waals surface area contributed by atoms with Crippen LogP contribution in [-0.4, -0.2) is 36.6 Å². The van der Waals surface area contributed by atoms with E-state index in [-0.39, 0.29) is 0 Å². The minimum atomic E-state index is 0.459. The van der Waals surface area contributed by atoms with Crippen LogP contribution in [0, 0.1) is 5.41 Å². The molecule has 0 aromatic heterocycles. The second-order valence-electron chi connectivity index (χ2n) is 6.17. The molecule has 1 saturated carbocycles. The van der Waals surface area contributed by atoms with Crippen LogP contribution >= 0.6 is 0 Å². The summed E-state index contributed by atoms with van der Waals surface area (Å²) in [6.45, 7) is 15.3. The van der Waals surface area contributed by atoms with Crippen LogP contribution < -0.4 is 5.32 Å². The summed E-state index contributed by atoms with van der Waals surface area (Å²) < 4.78 is 0. The zero-order valence-corrected chi connectivity index (χ0v) is 12.6. The number of hydrogen-bond acceptors (Lipinski definition) is 2. The molecular formula is C15H32N2. The lowest BCUT2D eigenvalue weighted by Crippen LogP contribution is -2.52. The first kappa shape index (κ1) is 15.0. The third kappa shape index (κ3) is 3.69. The largest absolute Gasteiger partial charge is 0.312 e. The van der Waals surface area contributed by atoms with Gasteiger partial charge in [-0.15, -0.1) is 0 Å². The van der Waals surface area contributed by atoms with E-state index in [0.717, 1.165) is 12.6 Å². The lowest BCUT2D eigenvalue weighted by Gasteiger charge is -2.37. The van der Waals surface area contributed by atoms with Gasteiger partial charge in [-0.2, -0.15) is 0 Å². The van der Waals surface area contributed by atoms with Crippen LogP contribution in [0.5, 0.6) is 0 Å². The number of hydrogen-bond donors (Lipinski definition) is 1. The summed E-state index contributed by atoms with van der Waals surface area (Å²) in [5, 5.41) is 3.74. The van der Waals surface area contributed by atoms with Crippen LogP contribution in [0.1, 0.15) is 60.3 Å². The number of likely N-dealkylation sites (N-methyl/N-ethyl adjacent to an activating group) is 1. The molecule has 2 atom stereocenters. The second-order valence-corrected chi connectivity index (χ2v) is 6.17. The van der Waals surface area contributed by atoms with E-state index in [9.17, 15) is 0 Å². The Balaban J connectivity index is 2.72. The van der Waals surface area contributed by atoms with Crippen LogP contribution in [0.4, 0.5) is 0 Å². The predicted octanol–water partition coefficient (Wildman–Crippen LogP) is 3.28. The van der Waals surface area contributed by atoms with Gasteiger partial charge in [0.25, 0.3) is 0 Å². The number of nitrogens with zero attached hydrogens (tertiary/aromatic N) is 1. The molecule has 0 aromatic rings. The Bertz CT molecular complexity index is 207. The Kier molecular flexibility index (Phi) is 5.94. The highest BCUT2D eigenvalue weighted by Crippen LogP contribution is 2.39. The fourth-order valence-corrected chi connectivity index (χ4v) is 3.41. The van der Waals surface area contributed by atoms with E-state index >= 15 is 0 Å². The van der Waals surface area contributed by atoms with Crippen molar-refractivity contribution in [2.75, 3.05) is 19.6 Å². The van der Waals surface area contributed by atoms with Gasteiger partial charge in [-0.05, 0) is 50.7 Å². The van der Waals surface area contributed by atoms with Crippen LogP contribution in [0.3, 0.4) is 0 Å². The molecule has 1 N–H and O–H groups in total. The molecule has 2 unspecified atom stereocenters. The van der Waals surface area contributed by atoms with Crippen molar-refractivity contribution in [2.45, 2.75) is 72.4 Å². The van der Waals surface area contributed by atoms with Crippen molar-refractivity contribution >= 4 is 0 Å². The summed E-state index contributed by atoms with van der Waals surface area (Å²) in [5.41, 5.74) is 0.459. The van der Waals surface area contributed by atoms with E-state index in [1.165, 1.54) is 38.8 Å². The maximum Gasteiger partial charge on any atom is 0.0274 e. The minimum Gasteiger partial charge on any atom is -0.312 e. The highest BCUT2D eigenvalue weighted by Gasteiger charge is 2.43. The van der Waals surface area contributed by atoms with Crippen LogP contribution in [-0.2, 0) is 0 Å². The van der Waals surface area contributed by atoms with Crippen molar-refractivity contribution < 1.29 is 0 Å². The predicted molar refractivity (Wildman–Crippen MR) is 76.4 cm³/mol. The number of rotatable bonds is 7. The molecule has 0 amide bonds. The van der Waals surface area contributed by atoms with Gasteiger partial charge >= 0.3 is 0 Å². The molecule has 1 aliphatic rings. The molecule has 1 rings (SSSR count). The third-order valence-electron chi connectivity index (χ3n) is 4.23. The van der Waals surface area contributed by atoms with Gasteiger partial charge in [0.2, 0.25) is 0 Å². The van der Waals surface area contributed by atoms with Gasteiger partial charge in [0.1, 0.15) is 0 Å². The SMILES string of the molecule is CCCN(CCC)C1CCC(C)(C)C1NCC. The highest BCUT2D eigenvalue weighted by molar-refractivity contribution is 5.00. The summed E-state index contributed by atoms with van der Waals surface area (Å²) in [4.78, 5) is 2.72. The van der Waals surface area contributed by atoms with Crippen molar-refractivity contribution in [2.24, 2.45) is 5.41 Å². The molecule has 2 heteroatoms. The van der Waals surface area contributed by atoms with E-state index in [1.54, 1.807) is 0 Å². The molecule has 0 heterocycles. The van der Waals surface area contributed by atoms with E-state index in [0.29, 0.717) is 11.5 Å². The fourth-order valence-electron chi connectivity index (χ4n) is 3.41. The summed E-state index contributed by atoms with van der Waals surface area (Å²) in [7, 11) is 0. The molecule has 0 radical (unpaired) electrons. The van der Waals surface area contributed by atoms with Crippen molar-refractivity contribution in [3.8, 4) is 0 Å². The first-order valence-electron chi connectivity index (χ1n) is 7.54. The molecule has 0 bridgehead atoms. The molecular weight excluding hydrogens is 208 g/mol. The molecule has 1 fully saturated rings. The number of nitrogens with one attached hydrogen (secondary N) is 1. The molecule has 0 aliphatic heterocycles. The zero-order valence-electron chi connectivity index (χ0n) is 12.6. The maximum atomic E-state index is 3.74. The van der Waals surface area contributed by atoms with Gasteiger partial charge in [-0.1, -0.05) is 34.6 Å². The van der Waals surface area contributed by atoms with Gasteiger partial charge in [-0.3, -0.25) is 4.90 Å². The highest BCUT2D eigenvalue weighted by atomic mass is 15.2. The maximum absolute atomic E-state index is 3.74. The van der Waals surface area contributed by atoms with Gasteiger partial charge in [0, 0.05) is 12.1 Å². The van der Waals surface area contributed by atoms with Gasteiger partial charge in [0.05, 0.1) is 0 Å². The van der Waals surface area contributed by atoms with Crippen LogP contribution in [0.15, 0.2) is 0 Å².